The Morgan fingerprint density at radius 3 is 2.75 bits per heavy atom. The molecule has 12 heavy (non-hydrogen) atoms. The summed E-state index contributed by atoms with van der Waals surface area (Å²) in [5.41, 5.74) is 0.933. The van der Waals surface area contributed by atoms with E-state index in [1.54, 1.807) is 12.1 Å². The first-order valence-corrected chi connectivity index (χ1v) is 4.23. The minimum absolute atomic E-state index is 0.741. The highest BCUT2D eigenvalue weighted by Crippen LogP contribution is 2.36. The highest BCUT2D eigenvalue weighted by atomic mass is 32.2. The number of rotatable bonds is 0. The molecule has 0 saturated heterocycles. The second kappa shape index (κ2) is 2.60. The van der Waals surface area contributed by atoms with Crippen LogP contribution in [-0.4, -0.2) is 4.21 Å². The molecule has 0 unspecified atom stereocenters. The Kier molecular flexibility index (Phi) is 1.69. The second-order valence-corrected chi connectivity index (χ2v) is 3.62. The molecule has 0 fully saturated rings. The third-order valence-electron chi connectivity index (χ3n) is 1.58. The van der Waals surface area contributed by atoms with Crippen molar-refractivity contribution in [2.75, 3.05) is 0 Å². The van der Waals surface area contributed by atoms with Gasteiger partial charge in [-0.15, -0.1) is 0 Å². The van der Waals surface area contributed by atoms with Gasteiger partial charge in [0.25, 0.3) is 0 Å². The van der Waals surface area contributed by atoms with E-state index in [0.29, 0.717) is 0 Å². The van der Waals surface area contributed by atoms with Crippen LogP contribution in [0.15, 0.2) is 35.4 Å². The van der Waals surface area contributed by atoms with Gasteiger partial charge in [0, 0.05) is 6.08 Å². The van der Waals surface area contributed by atoms with Crippen LogP contribution in [0.1, 0.15) is 5.56 Å². The molecule has 3 nitrogen and oxygen atoms in total. The van der Waals surface area contributed by atoms with Gasteiger partial charge in [0.05, 0.1) is 4.90 Å². The van der Waals surface area contributed by atoms with Crippen molar-refractivity contribution in [2.45, 2.75) is 4.90 Å². The maximum atomic E-state index is 10.9. The van der Waals surface area contributed by atoms with Gasteiger partial charge in [-0.3, -0.25) is 0 Å². The fraction of sp³-hybridized carbons (Fsp3) is 0. The van der Waals surface area contributed by atoms with Gasteiger partial charge < -0.3 is 14.6 Å². The number of hydrogen-bond acceptors (Lipinski definition) is 3. The van der Waals surface area contributed by atoms with E-state index >= 15 is 0 Å². The quantitative estimate of drug-likeness (QED) is 0.350. The van der Waals surface area contributed by atoms with Crippen molar-refractivity contribution in [1.82, 2.24) is 0 Å². The number of benzene rings is 1. The molecule has 62 valence electrons. The molecule has 0 bridgehead atoms. The Hall–Kier alpha value is -0.810. The summed E-state index contributed by atoms with van der Waals surface area (Å²) >= 11 is 0.754. The lowest BCUT2D eigenvalue weighted by atomic mass is 10.2. The number of nitrogens with zero attached hydrogens (tertiary/aromatic N) is 1. The Labute approximate surface area is 74.2 Å². The molecular weight excluding hydrogens is 174 g/mol. The van der Waals surface area contributed by atoms with E-state index in [9.17, 15) is 10.4 Å². The average molecular weight is 180 g/mol. The van der Waals surface area contributed by atoms with E-state index in [1.165, 1.54) is 0 Å². The summed E-state index contributed by atoms with van der Waals surface area (Å²) in [6.45, 7) is 0. The van der Waals surface area contributed by atoms with Crippen molar-refractivity contribution in [3.63, 3.8) is 0 Å². The number of quaternary nitrogens is 1. The molecule has 1 aliphatic rings. The summed E-state index contributed by atoms with van der Waals surface area (Å²) in [4.78, 5) is 0.741. The first-order valence-electron chi connectivity index (χ1n) is 3.46. The van der Waals surface area contributed by atoms with Crippen molar-refractivity contribution < 1.29 is 4.21 Å². The lowest BCUT2D eigenvalue weighted by Crippen LogP contribution is -2.20. The van der Waals surface area contributed by atoms with Gasteiger partial charge in [0.2, 0.25) is 0 Å². The zero-order chi connectivity index (χ0) is 8.60. The van der Waals surface area contributed by atoms with E-state index in [0.717, 1.165) is 28.6 Å². The standard InChI is InChI=1S/C8H6NO2S/c10-9(11)6-5-7-3-1-2-4-8(7)12-9/h1-6H/q-1. The largest absolute Gasteiger partial charge is 0.614 e. The minimum Gasteiger partial charge on any atom is -0.614 e. The van der Waals surface area contributed by atoms with Gasteiger partial charge in [-0.2, -0.15) is 0 Å². The molecule has 1 heterocycles. The highest BCUT2D eigenvalue weighted by molar-refractivity contribution is 7.94. The van der Waals surface area contributed by atoms with Crippen LogP contribution in [0, 0.1) is 10.4 Å². The summed E-state index contributed by atoms with van der Waals surface area (Å²) in [5, 5.41) is 21.9. The van der Waals surface area contributed by atoms with Crippen LogP contribution in [0.25, 0.3) is 6.08 Å². The summed E-state index contributed by atoms with van der Waals surface area (Å²) in [5.74, 6) is 0. The van der Waals surface area contributed by atoms with Crippen molar-refractivity contribution in [1.29, 1.82) is 0 Å². The van der Waals surface area contributed by atoms with E-state index in [1.807, 2.05) is 18.2 Å². The van der Waals surface area contributed by atoms with E-state index < -0.39 is 4.21 Å². The molecule has 0 saturated carbocycles. The molecule has 1 aliphatic heterocycles. The highest BCUT2D eigenvalue weighted by Gasteiger charge is 2.14. The molecule has 2 rings (SSSR count). The predicted molar refractivity (Wildman–Crippen MR) is 48.3 cm³/mol. The Bertz CT molecular complexity index is 336. The number of hydrogen-bond donors (Lipinski definition) is 0. The Balaban J connectivity index is 2.46. The van der Waals surface area contributed by atoms with Crippen molar-refractivity contribution in [2.24, 2.45) is 0 Å². The molecular formula is C8H6NO2S-. The topological polar surface area (TPSA) is 46.1 Å². The monoisotopic (exact) mass is 180 g/mol. The third-order valence-corrected chi connectivity index (χ3v) is 2.53. The van der Waals surface area contributed by atoms with Gasteiger partial charge in [0.15, 0.2) is 0 Å². The predicted octanol–water partition coefficient (Wildman–Crippen LogP) is 2.49. The van der Waals surface area contributed by atoms with Crippen LogP contribution in [0.3, 0.4) is 0 Å². The maximum absolute atomic E-state index is 10.9. The zero-order valence-electron chi connectivity index (χ0n) is 6.14. The van der Waals surface area contributed by atoms with Crippen LogP contribution in [0.2, 0.25) is 0 Å². The maximum Gasteiger partial charge on any atom is 0.118 e. The van der Waals surface area contributed by atoms with E-state index in [-0.39, 0.29) is 0 Å². The zero-order valence-corrected chi connectivity index (χ0v) is 6.95. The van der Waals surface area contributed by atoms with Gasteiger partial charge >= 0.3 is 0 Å². The Morgan fingerprint density at radius 1 is 1.17 bits per heavy atom. The SMILES string of the molecule is [O-][N+]1([O-])C=Cc2ccccc2S1. The van der Waals surface area contributed by atoms with E-state index in [4.69, 9.17) is 0 Å². The van der Waals surface area contributed by atoms with Crippen LogP contribution in [0.5, 0.6) is 0 Å². The first kappa shape index (κ1) is 7.82. The molecule has 0 N–H and O–H groups in total. The lowest BCUT2D eigenvalue weighted by Gasteiger charge is -2.41. The van der Waals surface area contributed by atoms with Crippen LogP contribution < -0.4 is 0 Å². The van der Waals surface area contributed by atoms with Crippen LogP contribution in [-0.2, 0) is 0 Å². The van der Waals surface area contributed by atoms with Crippen molar-refractivity contribution in [3.05, 3.63) is 46.4 Å². The van der Waals surface area contributed by atoms with E-state index in [2.05, 4.69) is 0 Å². The van der Waals surface area contributed by atoms with Crippen molar-refractivity contribution >= 4 is 18.0 Å². The summed E-state index contributed by atoms with van der Waals surface area (Å²) < 4.78 is -1.63. The summed E-state index contributed by atoms with van der Waals surface area (Å²) in [7, 11) is 0. The summed E-state index contributed by atoms with van der Waals surface area (Å²) in [6, 6.07) is 7.33. The molecule has 0 amide bonds. The van der Waals surface area contributed by atoms with Crippen molar-refractivity contribution in [3.8, 4) is 0 Å². The first-order chi connectivity index (χ1) is 5.67. The number of hydroxylamine groups is 2. The Morgan fingerprint density at radius 2 is 1.92 bits per heavy atom. The van der Waals surface area contributed by atoms with Gasteiger partial charge in [-0.25, -0.2) is 0 Å². The second-order valence-electron chi connectivity index (χ2n) is 2.48. The van der Waals surface area contributed by atoms with Gasteiger partial charge in [0.1, 0.15) is 18.1 Å². The fourth-order valence-corrected chi connectivity index (χ4v) is 1.82. The molecule has 1 aromatic rings. The smallest absolute Gasteiger partial charge is 0.118 e. The molecule has 0 aromatic heterocycles. The molecule has 0 aliphatic carbocycles. The molecule has 0 radical (unpaired) electrons. The molecule has 1 aromatic carbocycles. The van der Waals surface area contributed by atoms with Crippen LogP contribution >= 0.6 is 11.9 Å². The fourth-order valence-electron chi connectivity index (χ4n) is 1.04. The molecule has 4 heteroatoms. The minimum atomic E-state index is -1.63. The number of fused-ring (bicyclic) bond motifs is 1. The third kappa shape index (κ3) is 1.37. The molecule has 0 spiro atoms. The molecule has 0 atom stereocenters. The summed E-state index contributed by atoms with van der Waals surface area (Å²) in [6.07, 6.45) is 2.65. The average Bonchev–Trinajstić information content (AvgIpc) is 2.02. The van der Waals surface area contributed by atoms with Gasteiger partial charge in [-0.1, -0.05) is 18.2 Å². The van der Waals surface area contributed by atoms with Crippen LogP contribution in [0.4, 0.5) is 0 Å². The van der Waals surface area contributed by atoms with Gasteiger partial charge in [-0.05, 0) is 11.6 Å². The normalized spacial score (nSPS) is 18.8. The lowest BCUT2D eigenvalue weighted by molar-refractivity contribution is -0.617.